The Bertz CT molecular complexity index is 1300. The van der Waals surface area contributed by atoms with Crippen LogP contribution in [0, 0.1) is 0 Å². The Morgan fingerprint density at radius 3 is 2.55 bits per heavy atom. The van der Waals surface area contributed by atoms with Gasteiger partial charge in [0.05, 0.1) is 21.4 Å². The zero-order valence-electron chi connectivity index (χ0n) is 15.9. The van der Waals surface area contributed by atoms with Crippen LogP contribution in [0.15, 0.2) is 70.9 Å². The first-order chi connectivity index (χ1) is 13.8. The van der Waals surface area contributed by atoms with Crippen molar-refractivity contribution in [3.8, 4) is 5.69 Å². The summed E-state index contributed by atoms with van der Waals surface area (Å²) in [6.45, 7) is 4.03. The highest BCUT2D eigenvalue weighted by molar-refractivity contribution is 7.89. The van der Waals surface area contributed by atoms with Crippen LogP contribution in [0.5, 0.6) is 0 Å². The summed E-state index contributed by atoms with van der Waals surface area (Å²) >= 11 is 1.06. The van der Waals surface area contributed by atoms with Crippen LogP contribution >= 0.6 is 11.3 Å². The van der Waals surface area contributed by atoms with Crippen molar-refractivity contribution < 1.29 is 8.42 Å². The number of nitrogens with zero attached hydrogens (tertiary/aromatic N) is 3. The molecule has 9 heteroatoms. The molecule has 0 unspecified atom stereocenters. The second-order valence-electron chi connectivity index (χ2n) is 6.92. The molecular weight excluding hydrogens is 408 g/mol. The molecule has 0 fully saturated rings. The highest BCUT2D eigenvalue weighted by atomic mass is 32.2. The summed E-state index contributed by atoms with van der Waals surface area (Å²) in [6.07, 6.45) is 5.24. The van der Waals surface area contributed by atoms with Gasteiger partial charge >= 0.3 is 4.87 Å². The number of thiazole rings is 1. The monoisotopic (exact) mass is 428 g/mol. The van der Waals surface area contributed by atoms with Gasteiger partial charge in [0.15, 0.2) is 0 Å². The summed E-state index contributed by atoms with van der Waals surface area (Å²) in [6, 6.07) is 12.4. The van der Waals surface area contributed by atoms with Crippen LogP contribution in [0.2, 0.25) is 0 Å². The maximum atomic E-state index is 12.7. The molecule has 2 aromatic carbocycles. The van der Waals surface area contributed by atoms with E-state index in [0.29, 0.717) is 4.70 Å². The van der Waals surface area contributed by atoms with Gasteiger partial charge in [0.25, 0.3) is 0 Å². The van der Waals surface area contributed by atoms with Gasteiger partial charge in [-0.1, -0.05) is 23.5 Å². The Hall–Kier alpha value is -2.75. The van der Waals surface area contributed by atoms with Crippen LogP contribution in [0.3, 0.4) is 0 Å². The summed E-state index contributed by atoms with van der Waals surface area (Å²) in [5, 5.41) is 0. The lowest BCUT2D eigenvalue weighted by Gasteiger charge is -2.10. The minimum Gasteiger partial charge on any atom is -0.306 e. The number of sulfonamides is 1. The summed E-state index contributed by atoms with van der Waals surface area (Å²) in [7, 11) is -3.70. The molecule has 2 aromatic heterocycles. The predicted octanol–water partition coefficient (Wildman–Crippen LogP) is 3.31. The van der Waals surface area contributed by atoms with Crippen LogP contribution in [-0.4, -0.2) is 22.5 Å². The van der Waals surface area contributed by atoms with Crippen molar-refractivity contribution in [2.45, 2.75) is 31.3 Å². The third-order valence-electron chi connectivity index (χ3n) is 4.62. The van der Waals surface area contributed by atoms with Crippen LogP contribution in [0.4, 0.5) is 0 Å². The van der Waals surface area contributed by atoms with E-state index >= 15 is 0 Å². The van der Waals surface area contributed by atoms with Crippen molar-refractivity contribution in [1.29, 1.82) is 0 Å². The molecule has 1 N–H and O–H groups in total. The number of benzene rings is 2. The third-order valence-corrected chi connectivity index (χ3v) is 6.93. The Kier molecular flexibility index (Phi) is 5.12. The van der Waals surface area contributed by atoms with Crippen molar-refractivity contribution in [2.24, 2.45) is 0 Å². The third kappa shape index (κ3) is 3.89. The van der Waals surface area contributed by atoms with Gasteiger partial charge in [-0.2, -0.15) is 0 Å². The SMILES string of the molecule is CC(C)n1c(=O)sc2cc(S(=O)(=O)NCc3ccc(-n4ccnc4)cc3)ccc21. The van der Waals surface area contributed by atoms with Crippen molar-refractivity contribution in [3.05, 3.63) is 76.4 Å². The summed E-state index contributed by atoms with van der Waals surface area (Å²) in [5.74, 6) is 0. The molecule has 0 atom stereocenters. The second-order valence-corrected chi connectivity index (χ2v) is 9.68. The van der Waals surface area contributed by atoms with E-state index in [2.05, 4.69) is 9.71 Å². The molecule has 0 bridgehead atoms. The van der Waals surface area contributed by atoms with E-state index in [1.54, 1.807) is 29.2 Å². The second kappa shape index (κ2) is 7.58. The van der Waals surface area contributed by atoms with Gasteiger partial charge in [0, 0.05) is 30.7 Å². The predicted molar refractivity (Wildman–Crippen MR) is 114 cm³/mol. The summed E-state index contributed by atoms with van der Waals surface area (Å²) in [4.78, 5) is 16.3. The first-order valence-corrected chi connectivity index (χ1v) is 11.4. The van der Waals surface area contributed by atoms with Crippen molar-refractivity contribution in [3.63, 3.8) is 0 Å². The first-order valence-electron chi connectivity index (χ1n) is 9.07. The van der Waals surface area contributed by atoms with Gasteiger partial charge in [-0.3, -0.25) is 9.36 Å². The lowest BCUT2D eigenvalue weighted by atomic mass is 10.2. The average molecular weight is 429 g/mol. The molecule has 0 aliphatic rings. The van der Waals surface area contributed by atoms with E-state index < -0.39 is 10.0 Å². The first kappa shape index (κ1) is 19.6. The minimum absolute atomic E-state index is 0.0159. The van der Waals surface area contributed by atoms with Gasteiger partial charge < -0.3 is 4.57 Å². The molecule has 0 aliphatic carbocycles. The molecule has 0 amide bonds. The fraction of sp³-hybridized carbons (Fsp3) is 0.200. The van der Waals surface area contributed by atoms with E-state index in [1.165, 1.54) is 6.07 Å². The Morgan fingerprint density at radius 1 is 1.14 bits per heavy atom. The molecule has 2 heterocycles. The zero-order chi connectivity index (χ0) is 20.6. The normalized spacial score (nSPS) is 12.1. The average Bonchev–Trinajstić information content (AvgIpc) is 3.33. The molecule has 29 heavy (non-hydrogen) atoms. The smallest absolute Gasteiger partial charge is 0.306 e. The number of nitrogens with one attached hydrogen (secondary N) is 1. The Balaban J connectivity index is 1.53. The highest BCUT2D eigenvalue weighted by Crippen LogP contribution is 2.24. The van der Waals surface area contributed by atoms with Gasteiger partial charge in [-0.05, 0) is 49.7 Å². The molecule has 0 saturated carbocycles. The molecule has 4 aromatic rings. The molecule has 4 rings (SSSR count). The van der Waals surface area contributed by atoms with E-state index in [1.807, 2.05) is 48.9 Å². The molecule has 7 nitrogen and oxygen atoms in total. The summed E-state index contributed by atoms with van der Waals surface area (Å²) in [5.41, 5.74) is 2.54. The van der Waals surface area contributed by atoms with Crippen molar-refractivity contribution in [1.82, 2.24) is 18.8 Å². The number of hydrogen-bond acceptors (Lipinski definition) is 5. The van der Waals surface area contributed by atoms with Crippen LogP contribution in [0.1, 0.15) is 25.5 Å². The summed E-state index contributed by atoms with van der Waals surface area (Å²) < 4.78 is 32.3. The van der Waals surface area contributed by atoms with Gasteiger partial charge in [0.1, 0.15) is 0 Å². The quantitative estimate of drug-likeness (QED) is 0.511. The van der Waals surface area contributed by atoms with Crippen LogP contribution in [0.25, 0.3) is 15.9 Å². The van der Waals surface area contributed by atoms with Crippen LogP contribution in [-0.2, 0) is 16.6 Å². The van der Waals surface area contributed by atoms with Crippen LogP contribution < -0.4 is 9.60 Å². The number of aromatic nitrogens is 3. The fourth-order valence-corrected chi connectivity index (χ4v) is 5.30. The maximum absolute atomic E-state index is 12.7. The number of hydrogen-bond donors (Lipinski definition) is 1. The molecular formula is C20H20N4O3S2. The Morgan fingerprint density at radius 2 is 1.90 bits per heavy atom. The molecule has 0 spiro atoms. The van der Waals surface area contributed by atoms with Crippen molar-refractivity contribution >= 4 is 31.6 Å². The maximum Gasteiger partial charge on any atom is 0.308 e. The Labute approximate surface area is 172 Å². The standard InChI is InChI=1S/C20H20N4O3S2/c1-14(2)24-18-8-7-17(11-19(18)28-20(24)25)29(26,27)22-12-15-3-5-16(6-4-15)23-10-9-21-13-23/h3-11,13-14,22H,12H2,1-2H3. The largest absolute Gasteiger partial charge is 0.308 e. The van der Waals surface area contributed by atoms with Crippen molar-refractivity contribution in [2.75, 3.05) is 0 Å². The van der Waals surface area contributed by atoms with E-state index in [0.717, 1.165) is 28.1 Å². The number of imidazole rings is 1. The van der Waals surface area contributed by atoms with E-state index in [4.69, 9.17) is 0 Å². The molecule has 150 valence electrons. The zero-order valence-corrected chi connectivity index (χ0v) is 17.6. The molecule has 0 radical (unpaired) electrons. The fourth-order valence-electron chi connectivity index (χ4n) is 3.13. The van der Waals surface area contributed by atoms with Gasteiger partial charge in [-0.15, -0.1) is 0 Å². The lowest BCUT2D eigenvalue weighted by Crippen LogP contribution is -2.23. The van der Waals surface area contributed by atoms with Gasteiger partial charge in [0.2, 0.25) is 10.0 Å². The lowest BCUT2D eigenvalue weighted by molar-refractivity contribution is 0.581. The molecule has 0 saturated heterocycles. The number of rotatable bonds is 6. The van der Waals surface area contributed by atoms with Gasteiger partial charge in [-0.25, -0.2) is 18.1 Å². The highest BCUT2D eigenvalue weighted by Gasteiger charge is 2.17. The molecule has 0 aliphatic heterocycles. The number of fused-ring (bicyclic) bond motifs is 1. The van der Waals surface area contributed by atoms with E-state index in [-0.39, 0.29) is 22.4 Å². The minimum atomic E-state index is -3.70. The topological polar surface area (TPSA) is 86.0 Å². The van der Waals surface area contributed by atoms with E-state index in [9.17, 15) is 13.2 Å².